The summed E-state index contributed by atoms with van der Waals surface area (Å²) in [6.07, 6.45) is -0.0187. The number of hydrogen-bond donors (Lipinski definition) is 3. The molecule has 1 aromatic rings. The molecule has 1 atom stereocenters. The van der Waals surface area contributed by atoms with Crippen LogP contribution in [0.15, 0.2) is 30.3 Å². The molecule has 0 spiro atoms. The summed E-state index contributed by atoms with van der Waals surface area (Å²) in [7, 11) is 0. The van der Waals surface area contributed by atoms with E-state index >= 15 is 0 Å². The molecule has 0 heterocycles. The Labute approximate surface area is 94.0 Å². The van der Waals surface area contributed by atoms with Gasteiger partial charge in [0.15, 0.2) is 5.72 Å². The summed E-state index contributed by atoms with van der Waals surface area (Å²) in [4.78, 5) is 10.7. The van der Waals surface area contributed by atoms with Gasteiger partial charge in [-0.3, -0.25) is 10.5 Å². The van der Waals surface area contributed by atoms with E-state index in [4.69, 9.17) is 16.2 Å². The average Bonchev–Trinajstić information content (AvgIpc) is 2.26. The SMILES string of the molecule is NC(=O)C(N)(O)CCOCc1ccccc1. The maximum absolute atomic E-state index is 10.7. The molecule has 5 heteroatoms. The molecule has 1 rings (SSSR count). The van der Waals surface area contributed by atoms with E-state index in [-0.39, 0.29) is 13.0 Å². The molecule has 0 saturated heterocycles. The van der Waals surface area contributed by atoms with E-state index in [9.17, 15) is 9.90 Å². The monoisotopic (exact) mass is 224 g/mol. The number of benzene rings is 1. The van der Waals surface area contributed by atoms with Crippen molar-refractivity contribution in [1.82, 2.24) is 0 Å². The molecule has 1 aromatic carbocycles. The first-order valence-electron chi connectivity index (χ1n) is 4.95. The van der Waals surface area contributed by atoms with Crippen LogP contribution >= 0.6 is 0 Å². The Morgan fingerprint density at radius 3 is 2.56 bits per heavy atom. The minimum Gasteiger partial charge on any atom is -0.377 e. The van der Waals surface area contributed by atoms with Crippen molar-refractivity contribution in [2.45, 2.75) is 18.8 Å². The van der Waals surface area contributed by atoms with E-state index in [1.807, 2.05) is 30.3 Å². The minimum atomic E-state index is -1.99. The Balaban J connectivity index is 2.25. The van der Waals surface area contributed by atoms with E-state index in [1.54, 1.807) is 0 Å². The molecule has 0 aliphatic rings. The lowest BCUT2D eigenvalue weighted by molar-refractivity contribution is -0.137. The number of carbonyl (C=O) groups is 1. The van der Waals surface area contributed by atoms with Crippen molar-refractivity contribution in [2.24, 2.45) is 11.5 Å². The number of rotatable bonds is 6. The zero-order chi connectivity index (χ0) is 12.0. The fourth-order valence-corrected chi connectivity index (χ4v) is 1.12. The smallest absolute Gasteiger partial charge is 0.264 e. The third-order valence-corrected chi connectivity index (χ3v) is 2.17. The Hall–Kier alpha value is -1.43. The van der Waals surface area contributed by atoms with Gasteiger partial charge in [0.1, 0.15) is 0 Å². The van der Waals surface area contributed by atoms with Crippen LogP contribution in [0.2, 0.25) is 0 Å². The van der Waals surface area contributed by atoms with Crippen LogP contribution in [-0.4, -0.2) is 23.3 Å². The van der Waals surface area contributed by atoms with Gasteiger partial charge in [-0.1, -0.05) is 30.3 Å². The number of nitrogens with two attached hydrogens (primary N) is 2. The molecule has 0 fully saturated rings. The highest BCUT2D eigenvalue weighted by Crippen LogP contribution is 2.04. The quantitative estimate of drug-likeness (QED) is 0.457. The van der Waals surface area contributed by atoms with Crippen LogP contribution in [0.1, 0.15) is 12.0 Å². The maximum Gasteiger partial charge on any atom is 0.264 e. The highest BCUT2D eigenvalue weighted by Gasteiger charge is 2.27. The molecular weight excluding hydrogens is 208 g/mol. The number of carbonyl (C=O) groups excluding carboxylic acids is 1. The Bertz CT molecular complexity index is 338. The third kappa shape index (κ3) is 3.98. The second-order valence-electron chi connectivity index (χ2n) is 3.58. The number of ether oxygens (including phenoxy) is 1. The van der Waals surface area contributed by atoms with Crippen molar-refractivity contribution in [2.75, 3.05) is 6.61 Å². The zero-order valence-electron chi connectivity index (χ0n) is 8.93. The molecule has 1 amide bonds. The van der Waals surface area contributed by atoms with Crippen LogP contribution in [0.25, 0.3) is 0 Å². The summed E-state index contributed by atoms with van der Waals surface area (Å²) in [5.74, 6) is -0.948. The van der Waals surface area contributed by atoms with E-state index < -0.39 is 11.6 Å². The summed E-state index contributed by atoms with van der Waals surface area (Å²) < 4.78 is 5.26. The molecule has 0 aliphatic heterocycles. The standard InChI is InChI=1S/C11H16N2O3/c12-10(14)11(13,15)6-7-16-8-9-4-2-1-3-5-9/h1-5,15H,6-8,13H2,(H2,12,14). The second kappa shape index (κ2) is 5.60. The maximum atomic E-state index is 10.7. The topological polar surface area (TPSA) is 98.6 Å². The Morgan fingerprint density at radius 1 is 1.38 bits per heavy atom. The number of hydrogen-bond acceptors (Lipinski definition) is 4. The van der Waals surface area contributed by atoms with E-state index in [1.165, 1.54) is 0 Å². The van der Waals surface area contributed by atoms with E-state index in [0.29, 0.717) is 6.61 Å². The lowest BCUT2D eigenvalue weighted by Crippen LogP contribution is -2.52. The van der Waals surface area contributed by atoms with Crippen molar-refractivity contribution in [3.63, 3.8) is 0 Å². The van der Waals surface area contributed by atoms with Gasteiger partial charge in [-0.15, -0.1) is 0 Å². The summed E-state index contributed by atoms with van der Waals surface area (Å²) in [6, 6.07) is 9.56. The largest absolute Gasteiger partial charge is 0.377 e. The first-order chi connectivity index (χ1) is 7.52. The van der Waals surface area contributed by atoms with Crippen molar-refractivity contribution in [1.29, 1.82) is 0 Å². The molecule has 88 valence electrons. The first kappa shape index (κ1) is 12.6. The predicted molar refractivity (Wildman–Crippen MR) is 59.0 cm³/mol. The van der Waals surface area contributed by atoms with Gasteiger partial charge >= 0.3 is 0 Å². The van der Waals surface area contributed by atoms with Gasteiger partial charge in [-0.25, -0.2) is 0 Å². The highest BCUT2D eigenvalue weighted by atomic mass is 16.5. The fraction of sp³-hybridized carbons (Fsp3) is 0.364. The molecule has 5 nitrogen and oxygen atoms in total. The summed E-state index contributed by atoms with van der Waals surface area (Å²) in [5.41, 5.74) is 9.16. The van der Waals surface area contributed by atoms with Crippen molar-refractivity contribution in [3.05, 3.63) is 35.9 Å². The van der Waals surface area contributed by atoms with Crippen LogP contribution in [0.3, 0.4) is 0 Å². The summed E-state index contributed by atoms with van der Waals surface area (Å²) in [5, 5.41) is 9.31. The normalized spacial score (nSPS) is 14.4. The van der Waals surface area contributed by atoms with Crippen LogP contribution < -0.4 is 11.5 Å². The lowest BCUT2D eigenvalue weighted by atomic mass is 10.1. The summed E-state index contributed by atoms with van der Waals surface area (Å²) >= 11 is 0. The molecule has 0 radical (unpaired) electrons. The number of primary amides is 1. The number of amides is 1. The Morgan fingerprint density at radius 2 is 2.00 bits per heavy atom. The predicted octanol–water partition coefficient (Wildman–Crippen LogP) is -0.274. The molecule has 16 heavy (non-hydrogen) atoms. The zero-order valence-corrected chi connectivity index (χ0v) is 8.93. The van der Waals surface area contributed by atoms with Gasteiger partial charge in [0, 0.05) is 6.42 Å². The molecule has 0 saturated carbocycles. The van der Waals surface area contributed by atoms with Crippen LogP contribution in [0, 0.1) is 0 Å². The molecule has 0 aromatic heterocycles. The van der Waals surface area contributed by atoms with Crippen molar-refractivity contribution >= 4 is 5.91 Å². The van der Waals surface area contributed by atoms with E-state index in [2.05, 4.69) is 0 Å². The highest BCUT2D eigenvalue weighted by molar-refractivity contribution is 5.82. The average molecular weight is 224 g/mol. The Kier molecular flexibility index (Phi) is 4.42. The van der Waals surface area contributed by atoms with Gasteiger partial charge < -0.3 is 15.6 Å². The minimum absolute atomic E-state index is 0.0187. The third-order valence-electron chi connectivity index (χ3n) is 2.17. The lowest BCUT2D eigenvalue weighted by Gasteiger charge is -2.18. The molecule has 0 bridgehead atoms. The second-order valence-corrected chi connectivity index (χ2v) is 3.58. The van der Waals surface area contributed by atoms with Gasteiger partial charge in [-0.2, -0.15) is 0 Å². The van der Waals surface area contributed by atoms with Crippen molar-refractivity contribution in [3.8, 4) is 0 Å². The van der Waals surface area contributed by atoms with Gasteiger partial charge in [-0.05, 0) is 5.56 Å². The molecule has 1 unspecified atom stereocenters. The summed E-state index contributed by atoms with van der Waals surface area (Å²) in [6.45, 7) is 0.584. The molecule has 0 aliphatic carbocycles. The first-order valence-corrected chi connectivity index (χ1v) is 4.95. The van der Waals surface area contributed by atoms with Gasteiger partial charge in [0.05, 0.1) is 13.2 Å². The fourth-order valence-electron chi connectivity index (χ4n) is 1.12. The van der Waals surface area contributed by atoms with Crippen LogP contribution in [0.5, 0.6) is 0 Å². The van der Waals surface area contributed by atoms with Crippen LogP contribution in [-0.2, 0) is 16.1 Å². The van der Waals surface area contributed by atoms with Gasteiger partial charge in [0.25, 0.3) is 5.91 Å². The molecular formula is C11H16N2O3. The van der Waals surface area contributed by atoms with E-state index in [0.717, 1.165) is 5.56 Å². The van der Waals surface area contributed by atoms with Crippen LogP contribution in [0.4, 0.5) is 0 Å². The number of aliphatic hydroxyl groups is 1. The molecule has 5 N–H and O–H groups in total. The van der Waals surface area contributed by atoms with Crippen molar-refractivity contribution < 1.29 is 14.6 Å². The van der Waals surface area contributed by atoms with Gasteiger partial charge in [0.2, 0.25) is 0 Å².